The van der Waals surface area contributed by atoms with E-state index in [2.05, 4.69) is 9.97 Å². The molecule has 2 heterocycles. The molecule has 1 aromatic rings. The average molecular weight is 189 g/mol. The van der Waals surface area contributed by atoms with Gasteiger partial charge in [-0.1, -0.05) is 0 Å². The van der Waals surface area contributed by atoms with Gasteiger partial charge in [0.2, 0.25) is 11.6 Å². The number of rotatable bonds is 1. The van der Waals surface area contributed by atoms with Gasteiger partial charge in [0.05, 0.1) is 12.0 Å². The van der Waals surface area contributed by atoms with Gasteiger partial charge in [-0.15, -0.1) is 0 Å². The van der Waals surface area contributed by atoms with Crippen molar-refractivity contribution in [2.24, 2.45) is 0 Å². The highest BCUT2D eigenvalue weighted by Gasteiger charge is 2.34. The zero-order valence-electron chi connectivity index (χ0n) is 7.28. The summed E-state index contributed by atoms with van der Waals surface area (Å²) in [7, 11) is 0. The number of H-pyrrole nitrogens is 1. The van der Waals surface area contributed by atoms with Crippen molar-refractivity contribution < 1.29 is 9.59 Å². The second-order valence-corrected chi connectivity index (χ2v) is 3.34. The number of allylic oxidation sites excluding steroid dienone is 2. The van der Waals surface area contributed by atoms with Gasteiger partial charge in [-0.05, 0) is 0 Å². The van der Waals surface area contributed by atoms with Crippen LogP contribution in [0.3, 0.4) is 0 Å². The van der Waals surface area contributed by atoms with E-state index in [0.717, 1.165) is 13.1 Å². The Morgan fingerprint density at radius 3 is 2.86 bits per heavy atom. The number of carbonyl (C=O) groups is 2. The van der Waals surface area contributed by atoms with E-state index in [-0.39, 0.29) is 17.3 Å². The van der Waals surface area contributed by atoms with Crippen LogP contribution in [0.4, 0.5) is 0 Å². The normalized spacial score (nSPS) is 19.4. The van der Waals surface area contributed by atoms with Crippen molar-refractivity contribution in [2.45, 2.75) is 0 Å². The van der Waals surface area contributed by atoms with E-state index in [1.807, 2.05) is 4.90 Å². The van der Waals surface area contributed by atoms with Crippen LogP contribution >= 0.6 is 0 Å². The largest absolute Gasteiger partial charge is 0.365 e. The first-order valence-corrected chi connectivity index (χ1v) is 4.36. The first-order valence-electron chi connectivity index (χ1n) is 4.36. The Morgan fingerprint density at radius 2 is 2.14 bits per heavy atom. The molecule has 0 amide bonds. The number of Topliss-reactive ketones (excluding diaryl/α,β-unsaturated/α-hetero) is 1. The quantitative estimate of drug-likeness (QED) is 0.631. The van der Waals surface area contributed by atoms with E-state index in [1.54, 1.807) is 0 Å². The molecular weight excluding hydrogens is 182 g/mol. The second-order valence-electron chi connectivity index (χ2n) is 3.34. The molecule has 0 aromatic carbocycles. The third kappa shape index (κ3) is 0.863. The third-order valence-corrected chi connectivity index (χ3v) is 2.39. The Morgan fingerprint density at radius 1 is 1.36 bits per heavy atom. The molecule has 1 fully saturated rings. The Balaban J connectivity index is 2.13. The summed E-state index contributed by atoms with van der Waals surface area (Å²) in [6.07, 6.45) is 2.75. The number of aromatic nitrogens is 2. The van der Waals surface area contributed by atoms with E-state index in [9.17, 15) is 9.59 Å². The van der Waals surface area contributed by atoms with E-state index < -0.39 is 0 Å². The first-order chi connectivity index (χ1) is 6.77. The highest BCUT2D eigenvalue weighted by molar-refractivity contribution is 6.22. The predicted octanol–water partition coefficient (Wildman–Crippen LogP) is -0.0118. The maximum atomic E-state index is 11.8. The molecule has 0 spiro atoms. The fraction of sp³-hybridized carbons (Fsp3) is 0.222. The zero-order chi connectivity index (χ0) is 9.71. The summed E-state index contributed by atoms with van der Waals surface area (Å²) in [5.74, 6) is -0.322. The number of nitrogens with one attached hydrogen (secondary N) is 1. The molecule has 1 saturated heterocycles. The molecule has 1 aliphatic heterocycles. The summed E-state index contributed by atoms with van der Waals surface area (Å²) >= 11 is 0. The molecule has 0 saturated carbocycles. The van der Waals surface area contributed by atoms with Crippen molar-refractivity contribution in [1.82, 2.24) is 14.9 Å². The van der Waals surface area contributed by atoms with E-state index in [0.29, 0.717) is 11.4 Å². The number of hydrogen-bond donors (Lipinski definition) is 1. The summed E-state index contributed by atoms with van der Waals surface area (Å²) in [6.45, 7) is 1.71. The zero-order valence-corrected chi connectivity index (χ0v) is 7.28. The van der Waals surface area contributed by atoms with Crippen molar-refractivity contribution in [2.75, 3.05) is 13.1 Å². The van der Waals surface area contributed by atoms with Crippen LogP contribution in [0.1, 0.15) is 21.0 Å². The number of nitrogens with zero attached hydrogens (tertiary/aromatic N) is 2. The summed E-state index contributed by atoms with van der Waals surface area (Å²) < 4.78 is 0. The molecule has 0 radical (unpaired) electrons. The molecule has 1 aliphatic carbocycles. The SMILES string of the molecule is O=C1C=C(N2CC2)C(=O)c2[nH]cnc21. The minimum atomic E-state index is -0.192. The van der Waals surface area contributed by atoms with E-state index in [1.165, 1.54) is 12.4 Å². The molecule has 1 aromatic heterocycles. The number of carbonyl (C=O) groups excluding carboxylic acids is 2. The Hall–Kier alpha value is -1.91. The Bertz CT molecular complexity index is 468. The number of fused-ring (bicyclic) bond motifs is 1. The van der Waals surface area contributed by atoms with Crippen LogP contribution < -0.4 is 0 Å². The van der Waals surface area contributed by atoms with Crippen LogP contribution in [0.15, 0.2) is 18.1 Å². The summed E-state index contributed by atoms with van der Waals surface area (Å²) in [4.78, 5) is 31.6. The lowest BCUT2D eigenvalue weighted by Crippen LogP contribution is -2.21. The van der Waals surface area contributed by atoms with E-state index >= 15 is 0 Å². The molecule has 0 atom stereocenters. The monoisotopic (exact) mass is 189 g/mol. The third-order valence-electron chi connectivity index (χ3n) is 2.39. The van der Waals surface area contributed by atoms with Crippen molar-refractivity contribution in [3.05, 3.63) is 29.5 Å². The summed E-state index contributed by atoms with van der Waals surface area (Å²) in [5.41, 5.74) is 1.05. The predicted molar refractivity (Wildman–Crippen MR) is 46.9 cm³/mol. The smallest absolute Gasteiger partial charge is 0.227 e. The van der Waals surface area contributed by atoms with Crippen molar-refractivity contribution >= 4 is 11.6 Å². The minimum Gasteiger partial charge on any atom is -0.365 e. The molecule has 2 aliphatic rings. The lowest BCUT2D eigenvalue weighted by molar-refractivity contribution is 0.0965. The lowest BCUT2D eigenvalue weighted by Gasteiger charge is -2.11. The van der Waals surface area contributed by atoms with Gasteiger partial charge >= 0.3 is 0 Å². The number of hydrogen-bond acceptors (Lipinski definition) is 4. The van der Waals surface area contributed by atoms with Gasteiger partial charge in [0.15, 0.2) is 0 Å². The maximum Gasteiger partial charge on any atom is 0.227 e. The first kappa shape index (κ1) is 7.49. The standard InChI is InChI=1S/C9H7N3O2/c13-6-3-5(12-1-2-12)9(14)8-7(6)10-4-11-8/h3-4H,1-2H2,(H,10,11). The highest BCUT2D eigenvalue weighted by atomic mass is 16.1. The van der Waals surface area contributed by atoms with Crippen molar-refractivity contribution in [1.29, 1.82) is 0 Å². The highest BCUT2D eigenvalue weighted by Crippen LogP contribution is 2.24. The van der Waals surface area contributed by atoms with Crippen LogP contribution in [0.5, 0.6) is 0 Å². The van der Waals surface area contributed by atoms with Crippen molar-refractivity contribution in [3.8, 4) is 0 Å². The van der Waals surface area contributed by atoms with Gasteiger partial charge in [0, 0.05) is 19.2 Å². The molecule has 0 bridgehead atoms. The topological polar surface area (TPSA) is 65.8 Å². The molecule has 1 N–H and O–H groups in total. The Labute approximate surface area is 79.4 Å². The fourth-order valence-electron chi connectivity index (χ4n) is 1.57. The maximum absolute atomic E-state index is 11.8. The molecule has 14 heavy (non-hydrogen) atoms. The van der Waals surface area contributed by atoms with Gasteiger partial charge in [-0.2, -0.15) is 0 Å². The van der Waals surface area contributed by atoms with Crippen LogP contribution in [-0.4, -0.2) is 39.5 Å². The van der Waals surface area contributed by atoms with Crippen LogP contribution in [0.25, 0.3) is 0 Å². The van der Waals surface area contributed by atoms with Gasteiger partial charge in [-0.3, -0.25) is 9.59 Å². The number of imidazole rings is 1. The Kier molecular flexibility index (Phi) is 1.24. The van der Waals surface area contributed by atoms with Crippen LogP contribution in [-0.2, 0) is 0 Å². The fourth-order valence-corrected chi connectivity index (χ4v) is 1.57. The van der Waals surface area contributed by atoms with Gasteiger partial charge in [0.1, 0.15) is 11.4 Å². The van der Waals surface area contributed by atoms with Gasteiger partial charge in [-0.25, -0.2) is 4.98 Å². The number of aromatic amines is 1. The lowest BCUT2D eigenvalue weighted by atomic mass is 10.0. The van der Waals surface area contributed by atoms with Crippen molar-refractivity contribution in [3.63, 3.8) is 0 Å². The second kappa shape index (κ2) is 2.31. The molecule has 5 nitrogen and oxygen atoms in total. The van der Waals surface area contributed by atoms with E-state index in [4.69, 9.17) is 0 Å². The van der Waals surface area contributed by atoms with Gasteiger partial charge in [0.25, 0.3) is 0 Å². The average Bonchev–Trinajstić information content (AvgIpc) is 2.88. The van der Waals surface area contributed by atoms with Crippen LogP contribution in [0.2, 0.25) is 0 Å². The molecule has 70 valence electrons. The van der Waals surface area contributed by atoms with Crippen LogP contribution in [0, 0.1) is 0 Å². The molecule has 0 unspecified atom stereocenters. The molecule has 3 rings (SSSR count). The summed E-state index contributed by atoms with van der Waals surface area (Å²) in [5, 5.41) is 0. The summed E-state index contributed by atoms with van der Waals surface area (Å²) in [6, 6.07) is 0. The molecule has 5 heteroatoms. The minimum absolute atomic E-state index is 0.130. The molecular formula is C9H7N3O2. The van der Waals surface area contributed by atoms with Gasteiger partial charge < -0.3 is 9.88 Å². The number of ketones is 2.